The van der Waals surface area contributed by atoms with E-state index in [0.29, 0.717) is 6.04 Å². The van der Waals surface area contributed by atoms with Gasteiger partial charge in [-0.25, -0.2) is 4.98 Å². The van der Waals surface area contributed by atoms with Crippen LogP contribution in [0, 0.1) is 6.92 Å². The summed E-state index contributed by atoms with van der Waals surface area (Å²) in [5.74, 6) is 0.829. The average molecular weight is 501 g/mol. The molecule has 0 aliphatic carbocycles. The Hall–Kier alpha value is -1.19. The van der Waals surface area contributed by atoms with Gasteiger partial charge in [-0.1, -0.05) is 31.2 Å². The number of hydrogen-bond donors (Lipinski definition) is 2. The van der Waals surface area contributed by atoms with Crippen molar-refractivity contribution in [2.45, 2.75) is 32.7 Å². The lowest BCUT2D eigenvalue weighted by molar-refractivity contribution is 0.298. The molecule has 0 fully saturated rings. The number of thiazole rings is 1. The Morgan fingerprint density at radius 2 is 1.93 bits per heavy atom. The molecule has 0 bridgehead atoms. The fourth-order valence-corrected chi connectivity index (χ4v) is 3.58. The number of nitrogens with one attached hydrogen (secondary N) is 2. The summed E-state index contributed by atoms with van der Waals surface area (Å²) in [7, 11) is 6.03. The van der Waals surface area contributed by atoms with Crippen LogP contribution in [0.2, 0.25) is 0 Å². The van der Waals surface area contributed by atoms with Crippen molar-refractivity contribution < 1.29 is 0 Å². The van der Waals surface area contributed by atoms with Crippen LogP contribution in [0.4, 0.5) is 0 Å². The third-order valence-corrected chi connectivity index (χ3v) is 5.36. The number of hydrogen-bond acceptors (Lipinski definition) is 4. The molecule has 0 amide bonds. The zero-order valence-electron chi connectivity index (χ0n) is 17.0. The topological polar surface area (TPSA) is 52.6 Å². The molecule has 0 saturated heterocycles. The highest BCUT2D eigenvalue weighted by Crippen LogP contribution is 2.18. The Labute approximate surface area is 184 Å². The zero-order chi connectivity index (χ0) is 18.9. The smallest absolute Gasteiger partial charge is 0.191 e. The van der Waals surface area contributed by atoms with E-state index in [1.165, 1.54) is 16.0 Å². The van der Waals surface area contributed by atoms with Crippen molar-refractivity contribution in [3.8, 4) is 0 Å². The molecule has 150 valence electrons. The molecule has 1 unspecified atom stereocenters. The zero-order valence-corrected chi connectivity index (χ0v) is 20.1. The van der Waals surface area contributed by atoms with Gasteiger partial charge in [0.05, 0.1) is 11.0 Å². The normalized spacial score (nSPS) is 12.6. The van der Waals surface area contributed by atoms with Crippen molar-refractivity contribution >= 4 is 41.3 Å². The average Bonchev–Trinajstić information content (AvgIpc) is 3.05. The van der Waals surface area contributed by atoms with Crippen LogP contribution in [0.15, 0.2) is 35.5 Å². The molecule has 2 aromatic rings. The lowest BCUT2D eigenvalue weighted by Crippen LogP contribution is -2.42. The molecule has 0 saturated carbocycles. The summed E-state index contributed by atoms with van der Waals surface area (Å²) < 4.78 is 0. The fourth-order valence-electron chi connectivity index (χ4n) is 2.79. The first kappa shape index (κ1) is 23.8. The van der Waals surface area contributed by atoms with Gasteiger partial charge in [-0.05, 0) is 38.6 Å². The first-order valence-electron chi connectivity index (χ1n) is 9.14. The van der Waals surface area contributed by atoms with Gasteiger partial charge in [0.25, 0.3) is 0 Å². The van der Waals surface area contributed by atoms with Gasteiger partial charge < -0.3 is 15.5 Å². The number of aryl methyl sites for hydroxylation is 2. The lowest BCUT2D eigenvalue weighted by Gasteiger charge is -2.26. The van der Waals surface area contributed by atoms with Gasteiger partial charge in [-0.3, -0.25) is 4.99 Å². The molecule has 0 aliphatic rings. The minimum atomic E-state index is 0. The molecule has 0 aliphatic heterocycles. The molecule has 1 aromatic heterocycles. The summed E-state index contributed by atoms with van der Waals surface area (Å²) in [6, 6.07) is 9.18. The molecule has 5 nitrogen and oxygen atoms in total. The van der Waals surface area contributed by atoms with Gasteiger partial charge >= 0.3 is 0 Å². The first-order valence-corrected chi connectivity index (χ1v) is 9.96. The molecule has 2 rings (SSSR count). The minimum Gasteiger partial charge on any atom is -0.356 e. The molecule has 1 aromatic carbocycles. The highest BCUT2D eigenvalue weighted by Gasteiger charge is 2.14. The molecule has 7 heteroatoms. The van der Waals surface area contributed by atoms with Crippen LogP contribution in [-0.2, 0) is 12.8 Å². The highest BCUT2D eigenvalue weighted by atomic mass is 127. The van der Waals surface area contributed by atoms with Gasteiger partial charge in [0.2, 0.25) is 0 Å². The van der Waals surface area contributed by atoms with E-state index >= 15 is 0 Å². The maximum atomic E-state index is 4.40. The Morgan fingerprint density at radius 3 is 2.44 bits per heavy atom. The summed E-state index contributed by atoms with van der Waals surface area (Å²) in [5.41, 5.74) is 2.68. The fraction of sp³-hybridized carbons (Fsp3) is 0.500. The largest absolute Gasteiger partial charge is 0.356 e. The molecular weight excluding hydrogens is 469 g/mol. The predicted molar refractivity (Wildman–Crippen MR) is 128 cm³/mol. The van der Waals surface area contributed by atoms with Crippen LogP contribution in [0.5, 0.6) is 0 Å². The van der Waals surface area contributed by atoms with Crippen molar-refractivity contribution in [1.29, 1.82) is 0 Å². The van der Waals surface area contributed by atoms with E-state index in [0.717, 1.165) is 36.9 Å². The van der Waals surface area contributed by atoms with Crippen LogP contribution in [0.1, 0.15) is 34.0 Å². The second-order valence-electron chi connectivity index (χ2n) is 6.57. The van der Waals surface area contributed by atoms with Gasteiger partial charge in [0, 0.05) is 37.6 Å². The molecule has 0 radical (unpaired) electrons. The van der Waals surface area contributed by atoms with Crippen molar-refractivity contribution in [1.82, 2.24) is 20.5 Å². The van der Waals surface area contributed by atoms with Crippen molar-refractivity contribution in [3.05, 3.63) is 51.5 Å². The van der Waals surface area contributed by atoms with Crippen LogP contribution in [0.25, 0.3) is 0 Å². The van der Waals surface area contributed by atoms with Crippen molar-refractivity contribution in [2.75, 3.05) is 34.2 Å². The number of nitrogens with zero attached hydrogens (tertiary/aromatic N) is 3. The number of halogens is 1. The third-order valence-electron chi connectivity index (χ3n) is 4.38. The number of guanidine groups is 1. The van der Waals surface area contributed by atoms with Crippen molar-refractivity contribution in [2.24, 2.45) is 4.99 Å². The summed E-state index contributed by atoms with van der Waals surface area (Å²) >= 11 is 1.75. The van der Waals surface area contributed by atoms with Crippen LogP contribution in [0.3, 0.4) is 0 Å². The third kappa shape index (κ3) is 7.75. The van der Waals surface area contributed by atoms with Gasteiger partial charge in [-0.2, -0.15) is 0 Å². The van der Waals surface area contributed by atoms with Gasteiger partial charge in [0.1, 0.15) is 0 Å². The SMILES string of the molecule is CCc1ccc(C(CNC(=NC)NCCc2ncc(C)s2)N(C)C)cc1.I. The monoisotopic (exact) mass is 501 g/mol. The maximum absolute atomic E-state index is 4.40. The maximum Gasteiger partial charge on any atom is 0.191 e. The van der Waals surface area contributed by atoms with E-state index in [-0.39, 0.29) is 24.0 Å². The van der Waals surface area contributed by atoms with Crippen LogP contribution >= 0.6 is 35.3 Å². The van der Waals surface area contributed by atoms with Gasteiger partial charge in [0.15, 0.2) is 5.96 Å². The quantitative estimate of drug-likeness (QED) is 0.330. The second kappa shape index (κ2) is 12.3. The van der Waals surface area contributed by atoms with Crippen molar-refractivity contribution in [3.63, 3.8) is 0 Å². The Morgan fingerprint density at radius 1 is 1.22 bits per heavy atom. The number of benzene rings is 1. The van der Waals surface area contributed by atoms with E-state index in [9.17, 15) is 0 Å². The van der Waals surface area contributed by atoms with E-state index in [2.05, 4.69) is 77.7 Å². The molecule has 27 heavy (non-hydrogen) atoms. The van der Waals surface area contributed by atoms with E-state index in [1.54, 1.807) is 11.3 Å². The lowest BCUT2D eigenvalue weighted by atomic mass is 10.0. The Bertz CT molecular complexity index is 697. The van der Waals surface area contributed by atoms with Crippen LogP contribution in [-0.4, -0.2) is 50.1 Å². The number of rotatable bonds is 8. The van der Waals surface area contributed by atoms with Crippen LogP contribution < -0.4 is 10.6 Å². The Balaban J connectivity index is 0.00000364. The molecular formula is C20H32IN5S. The number of aliphatic imine (C=N–C) groups is 1. The number of likely N-dealkylation sites (N-methyl/N-ethyl adjacent to an activating group) is 1. The molecule has 1 atom stereocenters. The highest BCUT2D eigenvalue weighted by molar-refractivity contribution is 14.0. The first-order chi connectivity index (χ1) is 12.5. The summed E-state index contributed by atoms with van der Waals surface area (Å²) in [4.78, 5) is 12.2. The molecule has 2 N–H and O–H groups in total. The van der Waals surface area contributed by atoms with E-state index in [1.807, 2.05) is 13.2 Å². The second-order valence-corrected chi connectivity index (χ2v) is 7.89. The number of aromatic nitrogens is 1. The summed E-state index contributed by atoms with van der Waals surface area (Å²) in [5, 5.41) is 7.99. The molecule has 1 heterocycles. The standard InChI is InChI=1S/C20H31N5S.HI/c1-6-16-7-9-17(10-8-16)18(25(4)5)14-24-20(21-3)22-12-11-19-23-13-15(2)26-19;/h7-10,13,18H,6,11-12,14H2,1-5H3,(H2,21,22,24);1H. The summed E-state index contributed by atoms with van der Waals surface area (Å²) in [6.45, 7) is 5.89. The predicted octanol–water partition coefficient (Wildman–Crippen LogP) is 3.64. The molecule has 0 spiro atoms. The van der Waals surface area contributed by atoms with E-state index in [4.69, 9.17) is 0 Å². The minimum absolute atomic E-state index is 0. The Kier molecular flexibility index (Phi) is 10.9. The van der Waals surface area contributed by atoms with E-state index < -0.39 is 0 Å². The summed E-state index contributed by atoms with van der Waals surface area (Å²) in [6.07, 6.45) is 3.91. The van der Waals surface area contributed by atoms with Gasteiger partial charge in [-0.15, -0.1) is 35.3 Å².